The Hall–Kier alpha value is -4.57. The fraction of sp³-hybridized carbons (Fsp3) is 0.241. The molecule has 6 nitrogen and oxygen atoms in total. The lowest BCUT2D eigenvalue weighted by atomic mass is 9.86. The second-order valence-electron chi connectivity index (χ2n) is 9.50. The number of hydrogen-bond acceptors (Lipinski definition) is 4. The summed E-state index contributed by atoms with van der Waals surface area (Å²) in [6.07, 6.45) is -14.0. The maximum absolute atomic E-state index is 15.1. The average Bonchev–Trinajstić information content (AvgIpc) is 2.95. The zero-order valence-electron chi connectivity index (χ0n) is 22.8. The number of amides is 2. The van der Waals surface area contributed by atoms with Crippen LogP contribution in [-0.2, 0) is 12.1 Å². The van der Waals surface area contributed by atoms with Gasteiger partial charge in [0.05, 0.1) is 28.6 Å². The highest BCUT2D eigenvalue weighted by molar-refractivity contribution is 9.10. The molecule has 2 amide bonds. The maximum Gasteiger partial charge on any atom is 0.457 e. The highest BCUT2D eigenvalue weighted by atomic mass is 79.9. The fourth-order valence-corrected chi connectivity index (χ4v) is 4.85. The van der Waals surface area contributed by atoms with Gasteiger partial charge in [0.2, 0.25) is 0 Å². The van der Waals surface area contributed by atoms with Crippen LogP contribution >= 0.6 is 15.9 Å². The molecule has 3 aromatic carbocycles. The molecule has 0 aliphatic carbocycles. The number of nitrogens with zero attached hydrogens (tertiary/aromatic N) is 2. The number of rotatable bonds is 7. The lowest BCUT2D eigenvalue weighted by Gasteiger charge is -2.36. The number of halogens is 10. The van der Waals surface area contributed by atoms with Gasteiger partial charge in [0.15, 0.2) is 0 Å². The van der Waals surface area contributed by atoms with Crippen LogP contribution in [0.2, 0.25) is 0 Å². The molecule has 1 atom stereocenters. The van der Waals surface area contributed by atoms with Gasteiger partial charge in [-0.1, -0.05) is 6.92 Å². The number of hydrogen-bond donors (Lipinski definition) is 2. The van der Waals surface area contributed by atoms with Gasteiger partial charge in [-0.05, 0) is 88.9 Å². The van der Waals surface area contributed by atoms with Gasteiger partial charge in [-0.15, -0.1) is 0 Å². The van der Waals surface area contributed by atoms with Crippen molar-refractivity contribution >= 4 is 39.1 Å². The van der Waals surface area contributed by atoms with E-state index in [2.05, 4.69) is 26.6 Å². The molecule has 0 radical (unpaired) electrons. The molecule has 0 aliphatic rings. The highest BCUT2D eigenvalue weighted by Crippen LogP contribution is 2.58. The Kier molecular flexibility index (Phi) is 9.65. The molecule has 0 aliphatic heterocycles. The number of anilines is 2. The zero-order chi connectivity index (χ0) is 34.1. The molecule has 16 heteroatoms. The van der Waals surface area contributed by atoms with Crippen LogP contribution < -0.4 is 10.6 Å². The normalized spacial score (nSPS) is 13.3. The third-order valence-corrected chi connectivity index (χ3v) is 7.24. The van der Waals surface area contributed by atoms with Crippen molar-refractivity contribution in [3.63, 3.8) is 0 Å². The van der Waals surface area contributed by atoms with E-state index in [1.807, 2.05) is 12.1 Å². The molecule has 0 aromatic heterocycles. The van der Waals surface area contributed by atoms with Crippen LogP contribution in [0.1, 0.15) is 55.5 Å². The van der Waals surface area contributed by atoms with Crippen molar-refractivity contribution in [3.05, 3.63) is 91.9 Å². The molecule has 0 saturated carbocycles. The Labute approximate surface area is 257 Å². The van der Waals surface area contributed by atoms with E-state index < -0.39 is 51.4 Å². The molecular weight excluding hydrogens is 687 g/mol. The second-order valence-corrected chi connectivity index (χ2v) is 10.4. The third-order valence-electron chi connectivity index (χ3n) is 6.62. The van der Waals surface area contributed by atoms with Gasteiger partial charge in [0.25, 0.3) is 11.8 Å². The zero-order valence-corrected chi connectivity index (χ0v) is 24.4. The van der Waals surface area contributed by atoms with E-state index in [0.717, 1.165) is 18.2 Å². The SMILES string of the molecule is CCc1cc(C(F)(C(F)(F)F)C(F)(F)C(F)(F)F)cc(Br)c1NC(=O)c1ccc(C#N)c(NC(=O)c2ccc(C#N)cc2C)c1. The van der Waals surface area contributed by atoms with Crippen LogP contribution in [0.3, 0.4) is 0 Å². The van der Waals surface area contributed by atoms with Crippen molar-refractivity contribution in [2.24, 2.45) is 0 Å². The van der Waals surface area contributed by atoms with Crippen LogP contribution in [0.15, 0.2) is 53.0 Å². The minimum Gasteiger partial charge on any atom is -0.321 e. The monoisotopic (exact) mass is 704 g/mol. The van der Waals surface area contributed by atoms with E-state index in [4.69, 9.17) is 5.26 Å². The lowest BCUT2D eigenvalue weighted by Crippen LogP contribution is -2.59. The molecule has 236 valence electrons. The Morgan fingerprint density at radius 3 is 1.98 bits per heavy atom. The van der Waals surface area contributed by atoms with Crippen LogP contribution in [-0.4, -0.2) is 30.1 Å². The summed E-state index contributed by atoms with van der Waals surface area (Å²) in [5.41, 5.74) is -8.62. The molecule has 2 N–H and O–H groups in total. The van der Waals surface area contributed by atoms with Crippen molar-refractivity contribution in [2.75, 3.05) is 10.6 Å². The number of carbonyl (C=O) groups is 2. The number of alkyl halides is 9. The van der Waals surface area contributed by atoms with Gasteiger partial charge in [0, 0.05) is 21.2 Å². The Balaban J connectivity index is 2.02. The Morgan fingerprint density at radius 2 is 1.47 bits per heavy atom. The first-order valence-corrected chi connectivity index (χ1v) is 13.2. The summed E-state index contributed by atoms with van der Waals surface area (Å²) in [5.74, 6) is -8.59. The van der Waals surface area contributed by atoms with Gasteiger partial charge in [-0.2, -0.15) is 45.6 Å². The predicted octanol–water partition coefficient (Wildman–Crippen LogP) is 8.49. The van der Waals surface area contributed by atoms with Gasteiger partial charge in [0.1, 0.15) is 6.07 Å². The van der Waals surface area contributed by atoms with Gasteiger partial charge >= 0.3 is 23.9 Å². The predicted molar refractivity (Wildman–Crippen MR) is 146 cm³/mol. The largest absolute Gasteiger partial charge is 0.457 e. The van der Waals surface area contributed by atoms with E-state index in [1.54, 1.807) is 6.92 Å². The van der Waals surface area contributed by atoms with Gasteiger partial charge in [-0.25, -0.2) is 4.39 Å². The van der Waals surface area contributed by atoms with Crippen LogP contribution in [0.5, 0.6) is 0 Å². The molecular formula is C29H18BrF9N4O2. The minimum absolute atomic E-state index is 0.0618. The molecule has 0 bridgehead atoms. The lowest BCUT2D eigenvalue weighted by molar-refractivity contribution is -0.389. The van der Waals surface area contributed by atoms with Gasteiger partial charge in [-0.3, -0.25) is 9.59 Å². The summed E-state index contributed by atoms with van der Waals surface area (Å²) in [6, 6.07) is 11.5. The van der Waals surface area contributed by atoms with E-state index in [0.29, 0.717) is 5.56 Å². The fourth-order valence-electron chi connectivity index (χ4n) is 4.25. The summed E-state index contributed by atoms with van der Waals surface area (Å²) in [5, 5.41) is 23.2. The van der Waals surface area contributed by atoms with Gasteiger partial charge < -0.3 is 10.6 Å². The first kappa shape index (κ1) is 34.9. The maximum atomic E-state index is 15.1. The smallest absolute Gasteiger partial charge is 0.321 e. The summed E-state index contributed by atoms with van der Waals surface area (Å²) in [6.45, 7) is 2.82. The molecule has 0 spiro atoms. The number of carbonyl (C=O) groups excluding carboxylic acids is 2. The highest BCUT2D eigenvalue weighted by Gasteiger charge is 2.81. The number of nitriles is 2. The molecule has 3 rings (SSSR count). The average molecular weight is 705 g/mol. The second kappa shape index (κ2) is 12.4. The molecule has 1 unspecified atom stereocenters. The van der Waals surface area contributed by atoms with Crippen molar-refractivity contribution in [3.8, 4) is 12.1 Å². The Morgan fingerprint density at radius 1 is 0.822 bits per heavy atom. The quantitative estimate of drug-likeness (QED) is 0.241. The molecule has 45 heavy (non-hydrogen) atoms. The summed E-state index contributed by atoms with van der Waals surface area (Å²) < 4.78 is 122. The van der Waals surface area contributed by atoms with Crippen molar-refractivity contribution < 1.29 is 49.1 Å². The molecule has 3 aromatic rings. The van der Waals surface area contributed by atoms with E-state index in [-0.39, 0.29) is 52.2 Å². The van der Waals surface area contributed by atoms with E-state index in [9.17, 15) is 50.0 Å². The van der Waals surface area contributed by atoms with E-state index >= 15 is 4.39 Å². The van der Waals surface area contributed by atoms with Crippen molar-refractivity contribution in [2.45, 2.75) is 44.2 Å². The topological polar surface area (TPSA) is 106 Å². The number of benzene rings is 3. The summed E-state index contributed by atoms with van der Waals surface area (Å²) >= 11 is 2.73. The van der Waals surface area contributed by atoms with E-state index in [1.165, 1.54) is 25.1 Å². The molecule has 0 saturated heterocycles. The van der Waals surface area contributed by atoms with Crippen LogP contribution in [0.25, 0.3) is 0 Å². The Bertz CT molecular complexity index is 1760. The first-order chi connectivity index (χ1) is 20.7. The first-order valence-electron chi connectivity index (χ1n) is 12.4. The molecule has 0 fully saturated rings. The number of aryl methyl sites for hydroxylation is 2. The number of nitrogens with one attached hydrogen (secondary N) is 2. The summed E-state index contributed by atoms with van der Waals surface area (Å²) in [4.78, 5) is 26.0. The third kappa shape index (κ3) is 6.47. The van der Waals surface area contributed by atoms with Crippen molar-refractivity contribution in [1.82, 2.24) is 0 Å². The summed E-state index contributed by atoms with van der Waals surface area (Å²) in [7, 11) is 0. The van der Waals surface area contributed by atoms with Crippen LogP contribution in [0, 0.1) is 29.6 Å². The van der Waals surface area contributed by atoms with Crippen LogP contribution in [0.4, 0.5) is 50.9 Å². The minimum atomic E-state index is -6.91. The standard InChI is InChI=1S/C29H18BrF9N4O2/c1-3-16-9-19(26(31,28(34,35)36)27(32,33)29(37,38)39)11-21(30)23(16)43-24(44)17-5-6-18(13-41)22(10-17)42-25(45)20-7-4-15(12-40)8-14(20)2/h4-11H,3H2,1-2H3,(H,42,45)(H,43,44). The van der Waals surface area contributed by atoms with Crippen molar-refractivity contribution in [1.29, 1.82) is 10.5 Å². The molecule has 0 heterocycles.